The summed E-state index contributed by atoms with van der Waals surface area (Å²) >= 11 is 3.64. The summed E-state index contributed by atoms with van der Waals surface area (Å²) in [5, 5.41) is 0.596. The van der Waals surface area contributed by atoms with Crippen molar-refractivity contribution in [1.29, 1.82) is 0 Å². The largest absolute Gasteiger partial charge is 0.368 e. The molecule has 4 aromatic rings. The minimum atomic E-state index is -0.298. The van der Waals surface area contributed by atoms with E-state index in [4.69, 9.17) is 0 Å². The summed E-state index contributed by atoms with van der Waals surface area (Å²) in [5.74, 6) is 0. The number of fused-ring (bicyclic) bond motifs is 1. The van der Waals surface area contributed by atoms with E-state index in [1.54, 1.807) is 4.57 Å². The Morgan fingerprint density at radius 1 is 0.765 bits per heavy atom. The molecule has 1 aliphatic rings. The molecule has 1 saturated heterocycles. The third-order valence-electron chi connectivity index (χ3n) is 6.48. The molecule has 0 unspecified atom stereocenters. The van der Waals surface area contributed by atoms with Crippen molar-refractivity contribution in [2.24, 2.45) is 0 Å². The Kier molecular flexibility index (Phi) is 6.39. The third kappa shape index (κ3) is 4.45. The fourth-order valence-corrected chi connectivity index (χ4v) is 5.04. The van der Waals surface area contributed by atoms with Gasteiger partial charge in [-0.2, -0.15) is 0 Å². The molecule has 1 aromatic heterocycles. The van der Waals surface area contributed by atoms with Gasteiger partial charge in [0.05, 0.1) is 29.7 Å². The molecular weight excluding hydrogens is 492 g/mol. The van der Waals surface area contributed by atoms with Crippen molar-refractivity contribution in [3.8, 4) is 0 Å². The highest BCUT2D eigenvalue weighted by atomic mass is 79.9. The molecule has 0 N–H and O–H groups in total. The predicted octanol–water partition coefficient (Wildman–Crippen LogP) is 3.77. The molecule has 0 saturated carbocycles. The second-order valence-electron chi connectivity index (χ2n) is 8.84. The van der Waals surface area contributed by atoms with Crippen LogP contribution in [0.25, 0.3) is 10.9 Å². The van der Waals surface area contributed by atoms with Crippen molar-refractivity contribution in [2.75, 3.05) is 38.1 Å². The number of likely N-dealkylation sites (N-methyl/N-ethyl adjacent to an activating group) is 1. The van der Waals surface area contributed by atoms with E-state index >= 15 is 0 Å². The number of aromatic nitrogens is 2. The summed E-state index contributed by atoms with van der Waals surface area (Å²) in [6.45, 7) is 4.15. The van der Waals surface area contributed by atoms with Crippen LogP contribution in [0.2, 0.25) is 0 Å². The Morgan fingerprint density at radius 3 is 1.91 bits per heavy atom. The van der Waals surface area contributed by atoms with Crippen LogP contribution >= 0.6 is 15.9 Å². The molecule has 1 fully saturated rings. The highest BCUT2D eigenvalue weighted by molar-refractivity contribution is 9.10. The van der Waals surface area contributed by atoms with Crippen molar-refractivity contribution < 1.29 is 0 Å². The fourth-order valence-electron chi connectivity index (χ4n) is 4.60. The smallest absolute Gasteiger partial charge is 0.332 e. The third-order valence-corrected chi connectivity index (χ3v) is 6.94. The van der Waals surface area contributed by atoms with Crippen LogP contribution in [-0.2, 0) is 13.1 Å². The number of piperazine rings is 1. The number of hydrogen-bond acceptors (Lipinski definition) is 4. The zero-order valence-electron chi connectivity index (χ0n) is 19.2. The quantitative estimate of drug-likeness (QED) is 0.403. The van der Waals surface area contributed by atoms with Gasteiger partial charge in [0, 0.05) is 30.7 Å². The van der Waals surface area contributed by atoms with Crippen molar-refractivity contribution in [1.82, 2.24) is 14.0 Å². The first-order valence-electron chi connectivity index (χ1n) is 11.5. The van der Waals surface area contributed by atoms with Crippen LogP contribution < -0.4 is 16.1 Å². The number of anilines is 1. The lowest BCUT2D eigenvalue weighted by atomic mass is 10.1. The molecule has 6 nitrogen and oxygen atoms in total. The maximum Gasteiger partial charge on any atom is 0.332 e. The summed E-state index contributed by atoms with van der Waals surface area (Å²) in [5.41, 5.74) is 2.93. The summed E-state index contributed by atoms with van der Waals surface area (Å²) in [6.07, 6.45) is 0. The van der Waals surface area contributed by atoms with Gasteiger partial charge in [0.1, 0.15) is 0 Å². The minimum absolute atomic E-state index is 0.238. The first kappa shape index (κ1) is 22.6. The van der Waals surface area contributed by atoms with Crippen LogP contribution in [-0.4, -0.2) is 47.3 Å². The number of halogens is 1. The van der Waals surface area contributed by atoms with Gasteiger partial charge in [0.2, 0.25) is 0 Å². The maximum absolute atomic E-state index is 13.9. The monoisotopic (exact) mass is 518 g/mol. The summed E-state index contributed by atoms with van der Waals surface area (Å²) in [6, 6.07) is 23.5. The lowest BCUT2D eigenvalue weighted by Gasteiger charge is -2.34. The average Bonchev–Trinajstić information content (AvgIpc) is 2.85. The van der Waals surface area contributed by atoms with Gasteiger partial charge in [-0.05, 0) is 30.3 Å². The van der Waals surface area contributed by atoms with Crippen LogP contribution in [0.4, 0.5) is 5.69 Å². The molecule has 0 spiro atoms. The molecule has 0 bridgehead atoms. The molecule has 0 amide bonds. The Bertz CT molecular complexity index is 1420. The Balaban J connectivity index is 1.76. The van der Waals surface area contributed by atoms with Crippen LogP contribution in [0.1, 0.15) is 11.1 Å². The first-order valence-corrected chi connectivity index (χ1v) is 12.3. The zero-order valence-corrected chi connectivity index (χ0v) is 20.7. The lowest BCUT2D eigenvalue weighted by molar-refractivity contribution is 0.313. The van der Waals surface area contributed by atoms with E-state index in [1.165, 1.54) is 4.57 Å². The Morgan fingerprint density at radius 2 is 1.32 bits per heavy atom. The lowest BCUT2D eigenvalue weighted by Crippen LogP contribution is -2.46. The van der Waals surface area contributed by atoms with Gasteiger partial charge in [0.15, 0.2) is 0 Å². The van der Waals surface area contributed by atoms with E-state index in [-0.39, 0.29) is 17.8 Å². The second kappa shape index (κ2) is 9.60. The Labute approximate surface area is 206 Å². The highest BCUT2D eigenvalue weighted by Crippen LogP contribution is 2.29. The molecule has 0 radical (unpaired) electrons. The topological polar surface area (TPSA) is 50.5 Å². The van der Waals surface area contributed by atoms with E-state index in [1.807, 2.05) is 72.8 Å². The first-order chi connectivity index (χ1) is 16.5. The number of nitrogens with zero attached hydrogens (tertiary/aromatic N) is 4. The summed E-state index contributed by atoms with van der Waals surface area (Å²) in [4.78, 5) is 32.2. The van der Waals surface area contributed by atoms with Crippen LogP contribution in [0.15, 0.2) is 86.9 Å². The van der Waals surface area contributed by atoms with E-state index in [0.717, 1.165) is 47.5 Å². The van der Waals surface area contributed by atoms with Gasteiger partial charge in [0.25, 0.3) is 5.56 Å². The van der Waals surface area contributed by atoms with Crippen LogP contribution in [0, 0.1) is 0 Å². The highest BCUT2D eigenvalue weighted by Gasteiger charge is 2.22. The average molecular weight is 519 g/mol. The van der Waals surface area contributed by atoms with Gasteiger partial charge in [-0.1, -0.05) is 76.6 Å². The van der Waals surface area contributed by atoms with Crippen molar-refractivity contribution in [3.63, 3.8) is 0 Å². The minimum Gasteiger partial charge on any atom is -0.368 e. The van der Waals surface area contributed by atoms with E-state index in [2.05, 4.69) is 32.8 Å². The van der Waals surface area contributed by atoms with Gasteiger partial charge in [-0.3, -0.25) is 13.9 Å². The van der Waals surface area contributed by atoms with E-state index in [9.17, 15) is 9.59 Å². The van der Waals surface area contributed by atoms with Crippen molar-refractivity contribution >= 4 is 32.5 Å². The zero-order chi connectivity index (χ0) is 23.7. The van der Waals surface area contributed by atoms with Gasteiger partial charge in [-0.15, -0.1) is 0 Å². The normalized spacial score (nSPS) is 14.6. The molecule has 0 aliphatic carbocycles. The van der Waals surface area contributed by atoms with Crippen LogP contribution in [0.3, 0.4) is 0 Å². The maximum atomic E-state index is 13.9. The number of rotatable bonds is 5. The number of benzene rings is 3. The standard InChI is InChI=1S/C27H27BrN4O2/c1-29-12-14-30(15-13-29)23-16-22(28)17-24-25(23)26(33)32(19-21-10-6-3-7-11-21)27(34)31(24)18-20-8-4-2-5-9-20/h2-11,16-17H,12-15,18-19H2,1H3. The Hall–Kier alpha value is -3.16. The van der Waals surface area contributed by atoms with Crippen LogP contribution in [0.5, 0.6) is 0 Å². The molecule has 3 aromatic carbocycles. The fraction of sp³-hybridized carbons (Fsp3) is 0.259. The molecule has 5 rings (SSSR count). The molecule has 174 valence electrons. The summed E-state index contributed by atoms with van der Waals surface area (Å²) in [7, 11) is 2.11. The number of hydrogen-bond donors (Lipinski definition) is 0. The SMILES string of the molecule is CN1CCN(c2cc(Br)cc3c2c(=O)n(Cc2ccccc2)c(=O)n3Cc2ccccc2)CC1. The second-order valence-corrected chi connectivity index (χ2v) is 9.76. The van der Waals surface area contributed by atoms with Crippen molar-refractivity contribution in [3.05, 3.63) is 109 Å². The van der Waals surface area contributed by atoms with Gasteiger partial charge >= 0.3 is 5.69 Å². The molecule has 2 heterocycles. The van der Waals surface area contributed by atoms with Gasteiger partial charge < -0.3 is 9.80 Å². The molecular formula is C27H27BrN4O2. The molecule has 34 heavy (non-hydrogen) atoms. The van der Waals surface area contributed by atoms with Crippen molar-refractivity contribution in [2.45, 2.75) is 13.1 Å². The molecule has 7 heteroatoms. The predicted molar refractivity (Wildman–Crippen MR) is 141 cm³/mol. The molecule has 1 aliphatic heterocycles. The van der Waals surface area contributed by atoms with E-state index < -0.39 is 0 Å². The summed E-state index contributed by atoms with van der Waals surface area (Å²) < 4.78 is 3.98. The molecule has 0 atom stereocenters. The van der Waals surface area contributed by atoms with E-state index in [0.29, 0.717) is 17.4 Å². The van der Waals surface area contributed by atoms with Gasteiger partial charge in [-0.25, -0.2) is 4.79 Å².